The topological polar surface area (TPSA) is 79.9 Å². The van der Waals surface area contributed by atoms with Gasteiger partial charge in [0.1, 0.15) is 0 Å². The van der Waals surface area contributed by atoms with Crippen LogP contribution in [0.15, 0.2) is 12.1 Å². The van der Waals surface area contributed by atoms with E-state index >= 15 is 0 Å². The van der Waals surface area contributed by atoms with Gasteiger partial charge in [0.2, 0.25) is 10.0 Å². The summed E-state index contributed by atoms with van der Waals surface area (Å²) in [4.78, 5) is 2.57. The minimum atomic E-state index is -3.32. The van der Waals surface area contributed by atoms with Crippen molar-refractivity contribution < 1.29 is 17.9 Å². The molecule has 2 rings (SSSR count). The van der Waals surface area contributed by atoms with Crippen molar-refractivity contribution in [3.8, 4) is 11.5 Å². The zero-order valence-electron chi connectivity index (χ0n) is 12.6. The average Bonchev–Trinajstić information content (AvgIpc) is 3.30. The molecule has 1 saturated carbocycles. The first kappa shape index (κ1) is 15.7. The van der Waals surface area contributed by atoms with E-state index in [1.165, 1.54) is 12.1 Å². The lowest BCUT2D eigenvalue weighted by molar-refractivity contribution is 0.355. The molecule has 0 heterocycles. The summed E-state index contributed by atoms with van der Waals surface area (Å²) in [6.07, 6.45) is 1.43. The number of nitrogens with one attached hydrogen (secondary N) is 2. The van der Waals surface area contributed by atoms with Gasteiger partial charge >= 0.3 is 0 Å². The highest BCUT2D eigenvalue weighted by Crippen LogP contribution is 2.38. The molecule has 1 fully saturated rings. The van der Waals surface area contributed by atoms with Crippen LogP contribution < -0.4 is 24.6 Å². The van der Waals surface area contributed by atoms with E-state index < -0.39 is 10.0 Å². The Balaban J connectivity index is 2.32. The molecule has 0 radical (unpaired) electrons. The van der Waals surface area contributed by atoms with Crippen LogP contribution >= 0.6 is 0 Å². The monoisotopic (exact) mass is 315 g/mol. The number of benzene rings is 1. The fraction of sp³-hybridized carbons (Fsp3) is 0.538. The highest BCUT2D eigenvalue weighted by molar-refractivity contribution is 7.90. The maximum atomic E-state index is 12.0. The van der Waals surface area contributed by atoms with Crippen molar-refractivity contribution >= 4 is 21.4 Å². The Morgan fingerprint density at radius 2 is 1.76 bits per heavy atom. The summed E-state index contributed by atoms with van der Waals surface area (Å²) < 4.78 is 34.5. The van der Waals surface area contributed by atoms with Crippen molar-refractivity contribution in [1.82, 2.24) is 4.83 Å². The Morgan fingerprint density at radius 1 is 1.19 bits per heavy atom. The molecule has 0 spiro atoms. The molecule has 1 aromatic rings. The number of hydrogen-bond donors (Lipinski definition) is 2. The highest BCUT2D eigenvalue weighted by atomic mass is 32.2. The van der Waals surface area contributed by atoms with Gasteiger partial charge in [-0.2, -0.15) is 0 Å². The van der Waals surface area contributed by atoms with Gasteiger partial charge in [-0.1, -0.05) is 0 Å². The molecule has 0 aliphatic heterocycles. The summed E-state index contributed by atoms with van der Waals surface area (Å²) in [5.41, 5.74) is 1.38. The molecule has 0 aromatic heterocycles. The third-order valence-electron chi connectivity index (χ3n) is 3.36. The van der Waals surface area contributed by atoms with Crippen molar-refractivity contribution in [2.24, 2.45) is 0 Å². The van der Waals surface area contributed by atoms with Gasteiger partial charge in [-0.15, -0.1) is 4.83 Å². The van der Waals surface area contributed by atoms with Gasteiger partial charge in [0.25, 0.3) is 0 Å². The fourth-order valence-electron chi connectivity index (χ4n) is 2.04. The summed E-state index contributed by atoms with van der Waals surface area (Å²) >= 11 is 0. The SMILES string of the molecule is CNc1cc(OC)c(OC)cc1N(C)NS(=O)(=O)C1CC1. The lowest BCUT2D eigenvalue weighted by atomic mass is 10.2. The smallest absolute Gasteiger partial charge is 0.231 e. The quantitative estimate of drug-likeness (QED) is 0.736. The van der Waals surface area contributed by atoms with Gasteiger partial charge in [0, 0.05) is 26.2 Å². The van der Waals surface area contributed by atoms with Crippen LogP contribution in [-0.4, -0.2) is 42.0 Å². The van der Waals surface area contributed by atoms with Crippen molar-refractivity contribution in [2.75, 3.05) is 38.6 Å². The molecule has 7 nitrogen and oxygen atoms in total. The lowest BCUT2D eigenvalue weighted by Crippen LogP contribution is -2.41. The Labute approximate surface area is 125 Å². The van der Waals surface area contributed by atoms with E-state index in [0.717, 1.165) is 5.69 Å². The molecule has 0 amide bonds. The Kier molecular flexibility index (Phi) is 4.48. The Morgan fingerprint density at radius 3 is 2.24 bits per heavy atom. The average molecular weight is 315 g/mol. The standard InChI is InChI=1S/C13H21N3O4S/c1-14-10-7-12(19-3)13(20-4)8-11(10)16(2)15-21(17,18)9-5-6-9/h7-9,14-15H,5-6H2,1-4H3. The zero-order chi connectivity index (χ0) is 15.6. The number of methoxy groups -OCH3 is 2. The lowest BCUT2D eigenvalue weighted by Gasteiger charge is -2.24. The van der Waals surface area contributed by atoms with E-state index in [-0.39, 0.29) is 5.25 Å². The normalized spacial score (nSPS) is 14.7. The first-order valence-corrected chi connectivity index (χ1v) is 8.16. The van der Waals surface area contributed by atoms with E-state index in [4.69, 9.17) is 9.47 Å². The molecule has 1 aliphatic carbocycles. The zero-order valence-corrected chi connectivity index (χ0v) is 13.5. The number of ether oxygens (including phenoxy) is 2. The molecule has 0 atom stereocenters. The van der Waals surface area contributed by atoms with E-state index in [0.29, 0.717) is 30.0 Å². The fourth-order valence-corrected chi connectivity index (χ4v) is 3.42. The van der Waals surface area contributed by atoms with E-state index in [9.17, 15) is 8.42 Å². The van der Waals surface area contributed by atoms with E-state index in [2.05, 4.69) is 10.1 Å². The first-order chi connectivity index (χ1) is 9.92. The van der Waals surface area contributed by atoms with Crippen molar-refractivity contribution in [3.63, 3.8) is 0 Å². The molecular formula is C13H21N3O4S. The van der Waals surface area contributed by atoms with Crippen LogP contribution in [0.25, 0.3) is 0 Å². The number of nitrogens with zero attached hydrogens (tertiary/aromatic N) is 1. The third kappa shape index (κ3) is 3.33. The second-order valence-corrected chi connectivity index (χ2v) is 6.81. The predicted molar refractivity (Wildman–Crippen MR) is 82.6 cm³/mol. The Bertz CT molecular complexity index is 614. The number of anilines is 2. The highest BCUT2D eigenvalue weighted by Gasteiger charge is 2.36. The van der Waals surface area contributed by atoms with Crippen LogP contribution in [0.4, 0.5) is 11.4 Å². The Hall–Kier alpha value is -1.67. The number of sulfonamides is 1. The van der Waals surface area contributed by atoms with Gasteiger partial charge in [-0.3, -0.25) is 5.01 Å². The summed E-state index contributed by atoms with van der Waals surface area (Å²) in [6.45, 7) is 0. The van der Waals surface area contributed by atoms with Crippen molar-refractivity contribution in [3.05, 3.63) is 12.1 Å². The summed E-state index contributed by atoms with van der Waals surface area (Å²) in [5, 5.41) is 4.22. The summed E-state index contributed by atoms with van der Waals surface area (Å²) in [5.74, 6) is 1.10. The predicted octanol–water partition coefficient (Wildman–Crippen LogP) is 1.18. The second kappa shape index (κ2) is 5.98. The minimum absolute atomic E-state index is 0.280. The first-order valence-electron chi connectivity index (χ1n) is 6.61. The molecule has 118 valence electrons. The van der Waals surface area contributed by atoms with Crippen LogP contribution in [-0.2, 0) is 10.0 Å². The van der Waals surface area contributed by atoms with Crippen LogP contribution in [0.2, 0.25) is 0 Å². The summed E-state index contributed by atoms with van der Waals surface area (Å²) in [7, 11) is 3.18. The molecule has 0 unspecified atom stereocenters. The van der Waals surface area contributed by atoms with Gasteiger partial charge in [0.15, 0.2) is 11.5 Å². The van der Waals surface area contributed by atoms with Crippen LogP contribution in [0.5, 0.6) is 11.5 Å². The van der Waals surface area contributed by atoms with Crippen molar-refractivity contribution in [1.29, 1.82) is 0 Å². The largest absolute Gasteiger partial charge is 0.493 e. The maximum Gasteiger partial charge on any atom is 0.231 e. The molecule has 0 bridgehead atoms. The number of hydrogen-bond acceptors (Lipinski definition) is 6. The van der Waals surface area contributed by atoms with Crippen LogP contribution in [0.3, 0.4) is 0 Å². The van der Waals surface area contributed by atoms with Crippen molar-refractivity contribution in [2.45, 2.75) is 18.1 Å². The molecule has 21 heavy (non-hydrogen) atoms. The third-order valence-corrected chi connectivity index (χ3v) is 5.24. The van der Waals surface area contributed by atoms with Gasteiger partial charge in [-0.05, 0) is 12.8 Å². The second-order valence-electron chi connectivity index (χ2n) is 4.87. The van der Waals surface area contributed by atoms with E-state index in [1.807, 2.05) is 0 Å². The van der Waals surface area contributed by atoms with E-state index in [1.54, 1.807) is 33.3 Å². The van der Waals surface area contributed by atoms with Gasteiger partial charge < -0.3 is 14.8 Å². The number of hydrazine groups is 1. The summed E-state index contributed by atoms with van der Waals surface area (Å²) in [6, 6.07) is 3.48. The van der Waals surface area contributed by atoms with Crippen LogP contribution in [0, 0.1) is 0 Å². The molecule has 1 aromatic carbocycles. The molecule has 2 N–H and O–H groups in total. The number of rotatable bonds is 7. The minimum Gasteiger partial charge on any atom is -0.493 e. The molecule has 8 heteroatoms. The molecule has 1 aliphatic rings. The molecular weight excluding hydrogens is 294 g/mol. The van der Waals surface area contributed by atoms with Gasteiger partial charge in [0.05, 0.1) is 30.8 Å². The maximum absolute atomic E-state index is 12.0. The molecule has 0 saturated heterocycles. The van der Waals surface area contributed by atoms with Gasteiger partial charge in [-0.25, -0.2) is 8.42 Å². The van der Waals surface area contributed by atoms with Crippen LogP contribution in [0.1, 0.15) is 12.8 Å².